The van der Waals surface area contributed by atoms with Crippen LogP contribution < -0.4 is 11.1 Å². The molecule has 1 atom stereocenters. The van der Waals surface area contributed by atoms with Crippen LogP contribution in [-0.4, -0.2) is 18.0 Å². The summed E-state index contributed by atoms with van der Waals surface area (Å²) in [4.78, 5) is 10.9. The molecule has 3 heteroatoms. The lowest BCUT2D eigenvalue weighted by Gasteiger charge is -2.18. The smallest absolute Gasteiger partial charge is 0.234 e. The summed E-state index contributed by atoms with van der Waals surface area (Å²) in [6.07, 6.45) is 7.07. The number of amides is 1. The minimum Gasteiger partial charge on any atom is -0.368 e. The Bertz CT molecular complexity index is 181. The van der Waals surface area contributed by atoms with Gasteiger partial charge in [0.2, 0.25) is 5.91 Å². The fourth-order valence-corrected chi connectivity index (χ4v) is 1.44. The predicted octanol–water partition coefficient (Wildman–Crippen LogP) is 0.558. The minimum absolute atomic E-state index is 0.158. The molecule has 1 rings (SSSR count). The van der Waals surface area contributed by atoms with Gasteiger partial charge >= 0.3 is 0 Å². The molecule has 0 aromatic rings. The summed E-state index contributed by atoms with van der Waals surface area (Å²) in [6.45, 7) is 1.96. The van der Waals surface area contributed by atoms with E-state index in [9.17, 15) is 4.79 Å². The fraction of sp³-hybridized carbons (Fsp3) is 0.667. The third-order valence-electron chi connectivity index (χ3n) is 2.20. The molecule has 0 aromatic carbocycles. The summed E-state index contributed by atoms with van der Waals surface area (Å²) in [6, 6.07) is 0.261. The van der Waals surface area contributed by atoms with Gasteiger partial charge in [-0.05, 0) is 19.3 Å². The highest BCUT2D eigenvalue weighted by molar-refractivity contribution is 5.79. The molecule has 0 fully saturated rings. The van der Waals surface area contributed by atoms with Crippen LogP contribution in [0.2, 0.25) is 0 Å². The van der Waals surface area contributed by atoms with Crippen molar-refractivity contribution in [3.05, 3.63) is 12.2 Å². The van der Waals surface area contributed by atoms with Gasteiger partial charge < -0.3 is 11.1 Å². The fourth-order valence-electron chi connectivity index (χ4n) is 1.44. The normalized spacial score (nSPS) is 19.8. The Morgan fingerprint density at radius 1 is 1.67 bits per heavy atom. The Kier molecular flexibility index (Phi) is 3.29. The van der Waals surface area contributed by atoms with E-state index in [0.717, 1.165) is 19.3 Å². The number of carbonyl (C=O) groups is 1. The minimum atomic E-state index is -0.246. The van der Waals surface area contributed by atoms with Crippen molar-refractivity contribution in [2.75, 3.05) is 0 Å². The maximum absolute atomic E-state index is 10.9. The molecule has 1 aliphatic carbocycles. The van der Waals surface area contributed by atoms with E-state index in [0.29, 0.717) is 6.04 Å². The van der Waals surface area contributed by atoms with Crippen LogP contribution in [0.3, 0.4) is 0 Å². The van der Waals surface area contributed by atoms with Crippen molar-refractivity contribution in [2.45, 2.75) is 38.3 Å². The van der Waals surface area contributed by atoms with Gasteiger partial charge in [-0.15, -0.1) is 0 Å². The van der Waals surface area contributed by atoms with Crippen molar-refractivity contribution in [3.63, 3.8) is 0 Å². The maximum atomic E-state index is 10.9. The zero-order valence-electron chi connectivity index (χ0n) is 7.42. The van der Waals surface area contributed by atoms with Gasteiger partial charge in [0.25, 0.3) is 0 Å². The largest absolute Gasteiger partial charge is 0.368 e. The molecule has 0 saturated heterocycles. The first-order valence-corrected chi connectivity index (χ1v) is 4.44. The van der Waals surface area contributed by atoms with Crippen LogP contribution in [0.1, 0.15) is 26.2 Å². The molecule has 3 nitrogen and oxygen atoms in total. The van der Waals surface area contributed by atoms with Gasteiger partial charge in [0.15, 0.2) is 0 Å². The summed E-state index contributed by atoms with van der Waals surface area (Å²) in [7, 11) is 0. The molecule has 1 unspecified atom stereocenters. The first-order chi connectivity index (χ1) is 5.74. The zero-order chi connectivity index (χ0) is 8.97. The van der Waals surface area contributed by atoms with Crippen molar-refractivity contribution in [3.8, 4) is 0 Å². The summed E-state index contributed by atoms with van der Waals surface area (Å²) in [5.41, 5.74) is 5.20. The number of rotatable bonds is 4. The van der Waals surface area contributed by atoms with Crippen LogP contribution >= 0.6 is 0 Å². The molecular weight excluding hydrogens is 152 g/mol. The van der Waals surface area contributed by atoms with Crippen molar-refractivity contribution < 1.29 is 4.79 Å². The Labute approximate surface area is 73.0 Å². The monoisotopic (exact) mass is 168 g/mol. The highest BCUT2D eigenvalue weighted by atomic mass is 16.1. The van der Waals surface area contributed by atoms with Crippen molar-refractivity contribution in [1.82, 2.24) is 5.32 Å². The first kappa shape index (κ1) is 9.26. The average molecular weight is 168 g/mol. The molecular formula is C9H16N2O. The van der Waals surface area contributed by atoms with E-state index in [-0.39, 0.29) is 11.9 Å². The molecule has 0 saturated carbocycles. The second-order valence-corrected chi connectivity index (χ2v) is 3.17. The van der Waals surface area contributed by atoms with Gasteiger partial charge in [0.05, 0.1) is 6.04 Å². The SMILES string of the molecule is CCC(NC1CC=CC1)C(N)=O. The standard InChI is InChI=1S/C9H16N2O/c1-2-8(9(10)12)11-7-5-3-4-6-7/h3-4,7-8,11H,2,5-6H2,1H3,(H2,10,12). The second-order valence-electron chi connectivity index (χ2n) is 3.17. The molecule has 12 heavy (non-hydrogen) atoms. The van der Waals surface area contributed by atoms with Gasteiger partial charge in [-0.2, -0.15) is 0 Å². The Morgan fingerprint density at radius 2 is 2.25 bits per heavy atom. The van der Waals surface area contributed by atoms with E-state index in [1.165, 1.54) is 0 Å². The highest BCUT2D eigenvalue weighted by Crippen LogP contribution is 2.10. The number of carbonyl (C=O) groups excluding carboxylic acids is 1. The molecule has 0 spiro atoms. The molecule has 68 valence electrons. The quantitative estimate of drug-likeness (QED) is 0.603. The number of primary amides is 1. The number of hydrogen-bond acceptors (Lipinski definition) is 2. The lowest BCUT2D eigenvalue weighted by atomic mass is 10.1. The molecule has 1 aliphatic rings. The van der Waals surface area contributed by atoms with E-state index in [1.807, 2.05) is 6.92 Å². The van der Waals surface area contributed by atoms with Crippen molar-refractivity contribution in [1.29, 1.82) is 0 Å². The van der Waals surface area contributed by atoms with Gasteiger partial charge in [0, 0.05) is 6.04 Å². The van der Waals surface area contributed by atoms with Crippen LogP contribution in [0.4, 0.5) is 0 Å². The van der Waals surface area contributed by atoms with E-state index >= 15 is 0 Å². The van der Waals surface area contributed by atoms with Crippen LogP contribution in [0, 0.1) is 0 Å². The lowest BCUT2D eigenvalue weighted by Crippen LogP contribution is -2.45. The molecule has 3 N–H and O–H groups in total. The zero-order valence-corrected chi connectivity index (χ0v) is 7.42. The van der Waals surface area contributed by atoms with Crippen molar-refractivity contribution in [2.24, 2.45) is 5.73 Å². The van der Waals surface area contributed by atoms with Crippen molar-refractivity contribution >= 4 is 5.91 Å². The van der Waals surface area contributed by atoms with E-state index < -0.39 is 0 Å². The average Bonchev–Trinajstić information content (AvgIpc) is 2.51. The molecule has 0 radical (unpaired) electrons. The van der Waals surface area contributed by atoms with E-state index in [2.05, 4.69) is 17.5 Å². The van der Waals surface area contributed by atoms with Gasteiger partial charge in [-0.1, -0.05) is 19.1 Å². The Balaban J connectivity index is 2.32. The van der Waals surface area contributed by atoms with Crippen LogP contribution in [0.25, 0.3) is 0 Å². The molecule has 0 heterocycles. The topological polar surface area (TPSA) is 55.1 Å². The van der Waals surface area contributed by atoms with Gasteiger partial charge in [-0.25, -0.2) is 0 Å². The van der Waals surface area contributed by atoms with E-state index in [1.54, 1.807) is 0 Å². The molecule has 0 bridgehead atoms. The third-order valence-corrected chi connectivity index (χ3v) is 2.20. The highest BCUT2D eigenvalue weighted by Gasteiger charge is 2.18. The van der Waals surface area contributed by atoms with Crippen LogP contribution in [0.5, 0.6) is 0 Å². The molecule has 1 amide bonds. The summed E-state index contributed by atoms with van der Waals surface area (Å²) >= 11 is 0. The van der Waals surface area contributed by atoms with Gasteiger partial charge in [0.1, 0.15) is 0 Å². The van der Waals surface area contributed by atoms with E-state index in [4.69, 9.17) is 5.73 Å². The summed E-state index contributed by atoms with van der Waals surface area (Å²) in [5.74, 6) is -0.246. The first-order valence-electron chi connectivity index (χ1n) is 4.44. The third kappa shape index (κ3) is 2.34. The van der Waals surface area contributed by atoms with Gasteiger partial charge in [-0.3, -0.25) is 4.79 Å². The Morgan fingerprint density at radius 3 is 2.67 bits per heavy atom. The molecule has 0 aliphatic heterocycles. The van der Waals surface area contributed by atoms with Crippen LogP contribution in [-0.2, 0) is 4.79 Å². The lowest BCUT2D eigenvalue weighted by molar-refractivity contribution is -0.120. The summed E-state index contributed by atoms with van der Waals surface area (Å²) < 4.78 is 0. The van der Waals surface area contributed by atoms with Crippen LogP contribution in [0.15, 0.2) is 12.2 Å². The number of hydrogen-bond donors (Lipinski definition) is 2. The number of nitrogens with two attached hydrogens (primary N) is 1. The summed E-state index contributed by atoms with van der Waals surface area (Å²) in [5, 5.41) is 3.23. The maximum Gasteiger partial charge on any atom is 0.234 e. The second kappa shape index (κ2) is 4.26. The number of nitrogens with one attached hydrogen (secondary N) is 1. The Hall–Kier alpha value is -0.830. The predicted molar refractivity (Wildman–Crippen MR) is 48.6 cm³/mol. The molecule has 0 aromatic heterocycles.